The molecule has 0 spiro atoms. The maximum absolute atomic E-state index is 11.9. The van der Waals surface area contributed by atoms with E-state index in [0.29, 0.717) is 18.1 Å². The SMILES string of the molecule is Cc1cc(C(=O)NCc2cnc([C@H]3CCCCO3)nc2)no1. The monoisotopic (exact) mass is 302 g/mol. The highest BCUT2D eigenvalue weighted by Gasteiger charge is 2.18. The Morgan fingerprint density at radius 2 is 2.18 bits per heavy atom. The van der Waals surface area contributed by atoms with Gasteiger partial charge in [-0.05, 0) is 26.2 Å². The molecule has 1 atom stereocenters. The van der Waals surface area contributed by atoms with E-state index in [2.05, 4.69) is 20.4 Å². The number of hydrogen-bond donors (Lipinski definition) is 1. The van der Waals surface area contributed by atoms with Gasteiger partial charge in [-0.2, -0.15) is 0 Å². The number of amides is 1. The van der Waals surface area contributed by atoms with Crippen molar-refractivity contribution in [3.8, 4) is 0 Å². The van der Waals surface area contributed by atoms with Crippen LogP contribution in [0.15, 0.2) is 23.0 Å². The van der Waals surface area contributed by atoms with E-state index in [9.17, 15) is 4.79 Å². The van der Waals surface area contributed by atoms with Crippen molar-refractivity contribution in [2.75, 3.05) is 6.61 Å². The number of hydrogen-bond acceptors (Lipinski definition) is 6. The van der Waals surface area contributed by atoms with Crippen molar-refractivity contribution in [3.63, 3.8) is 0 Å². The fourth-order valence-electron chi connectivity index (χ4n) is 2.31. The van der Waals surface area contributed by atoms with Crippen LogP contribution < -0.4 is 5.32 Å². The number of nitrogens with one attached hydrogen (secondary N) is 1. The lowest BCUT2D eigenvalue weighted by Gasteiger charge is -2.21. The molecule has 1 aliphatic rings. The Morgan fingerprint density at radius 1 is 1.36 bits per heavy atom. The Hall–Kier alpha value is -2.28. The molecule has 0 bridgehead atoms. The highest BCUT2D eigenvalue weighted by atomic mass is 16.5. The lowest BCUT2D eigenvalue weighted by atomic mass is 10.1. The van der Waals surface area contributed by atoms with Gasteiger partial charge in [-0.15, -0.1) is 0 Å². The normalized spacial score (nSPS) is 18.1. The van der Waals surface area contributed by atoms with Gasteiger partial charge in [0.1, 0.15) is 11.9 Å². The Balaban J connectivity index is 1.55. The molecule has 0 radical (unpaired) electrons. The Kier molecular flexibility index (Phi) is 4.43. The van der Waals surface area contributed by atoms with E-state index in [1.165, 1.54) is 0 Å². The summed E-state index contributed by atoms with van der Waals surface area (Å²) in [5.74, 6) is 1.03. The van der Waals surface area contributed by atoms with Crippen molar-refractivity contribution in [2.45, 2.75) is 38.8 Å². The number of rotatable bonds is 4. The first-order valence-electron chi connectivity index (χ1n) is 7.36. The molecule has 0 unspecified atom stereocenters. The third-order valence-corrected chi connectivity index (χ3v) is 3.51. The molecule has 22 heavy (non-hydrogen) atoms. The molecule has 0 aliphatic carbocycles. The minimum atomic E-state index is -0.281. The van der Waals surface area contributed by atoms with Crippen LogP contribution in [-0.4, -0.2) is 27.6 Å². The van der Waals surface area contributed by atoms with Crippen LogP contribution in [0, 0.1) is 6.92 Å². The van der Waals surface area contributed by atoms with Gasteiger partial charge in [0.25, 0.3) is 5.91 Å². The second-order valence-electron chi connectivity index (χ2n) is 5.31. The fourth-order valence-corrected chi connectivity index (χ4v) is 2.31. The molecule has 3 rings (SSSR count). The minimum Gasteiger partial charge on any atom is -0.370 e. The summed E-state index contributed by atoms with van der Waals surface area (Å²) < 4.78 is 10.5. The van der Waals surface area contributed by atoms with Gasteiger partial charge < -0.3 is 14.6 Å². The van der Waals surface area contributed by atoms with E-state index in [1.807, 2.05) is 0 Å². The zero-order valence-corrected chi connectivity index (χ0v) is 12.4. The predicted molar refractivity (Wildman–Crippen MR) is 77.0 cm³/mol. The smallest absolute Gasteiger partial charge is 0.273 e. The van der Waals surface area contributed by atoms with E-state index in [4.69, 9.17) is 9.26 Å². The van der Waals surface area contributed by atoms with Crippen LogP contribution in [0.2, 0.25) is 0 Å². The first-order valence-corrected chi connectivity index (χ1v) is 7.36. The lowest BCUT2D eigenvalue weighted by molar-refractivity contribution is 0.00940. The summed E-state index contributed by atoms with van der Waals surface area (Å²) in [5.41, 5.74) is 1.10. The number of ether oxygens (including phenoxy) is 1. The van der Waals surface area contributed by atoms with E-state index >= 15 is 0 Å². The van der Waals surface area contributed by atoms with Crippen molar-refractivity contribution >= 4 is 5.91 Å². The molecule has 1 saturated heterocycles. The lowest BCUT2D eigenvalue weighted by Crippen LogP contribution is -2.23. The molecule has 116 valence electrons. The molecule has 7 nitrogen and oxygen atoms in total. The zero-order chi connectivity index (χ0) is 15.4. The van der Waals surface area contributed by atoms with Gasteiger partial charge in [0.05, 0.1) is 0 Å². The van der Waals surface area contributed by atoms with Crippen LogP contribution in [0.5, 0.6) is 0 Å². The Labute approximate surface area is 128 Å². The molecule has 2 aromatic rings. The molecule has 7 heteroatoms. The van der Waals surface area contributed by atoms with Crippen LogP contribution >= 0.6 is 0 Å². The summed E-state index contributed by atoms with van der Waals surface area (Å²) in [6, 6.07) is 1.59. The van der Waals surface area contributed by atoms with Crippen LogP contribution in [-0.2, 0) is 11.3 Å². The highest BCUT2D eigenvalue weighted by molar-refractivity contribution is 5.92. The van der Waals surface area contributed by atoms with Crippen LogP contribution in [0.3, 0.4) is 0 Å². The van der Waals surface area contributed by atoms with Crippen LogP contribution in [0.4, 0.5) is 0 Å². The topological polar surface area (TPSA) is 90.1 Å². The average molecular weight is 302 g/mol. The van der Waals surface area contributed by atoms with Gasteiger partial charge in [0.2, 0.25) is 0 Å². The van der Waals surface area contributed by atoms with Gasteiger partial charge in [0, 0.05) is 37.2 Å². The first-order chi connectivity index (χ1) is 10.7. The van der Waals surface area contributed by atoms with Crippen molar-refractivity contribution < 1.29 is 14.1 Å². The van der Waals surface area contributed by atoms with Crippen LogP contribution in [0.25, 0.3) is 0 Å². The highest BCUT2D eigenvalue weighted by Crippen LogP contribution is 2.24. The summed E-state index contributed by atoms with van der Waals surface area (Å²) in [7, 11) is 0. The summed E-state index contributed by atoms with van der Waals surface area (Å²) >= 11 is 0. The van der Waals surface area contributed by atoms with Gasteiger partial charge in [-0.25, -0.2) is 9.97 Å². The molecular formula is C15H18N4O3. The molecule has 1 N–H and O–H groups in total. The minimum absolute atomic E-state index is 0.00417. The number of aromatic nitrogens is 3. The molecule has 0 aromatic carbocycles. The fraction of sp³-hybridized carbons (Fsp3) is 0.467. The zero-order valence-electron chi connectivity index (χ0n) is 12.4. The maximum Gasteiger partial charge on any atom is 0.273 e. The second-order valence-corrected chi connectivity index (χ2v) is 5.31. The van der Waals surface area contributed by atoms with Gasteiger partial charge in [-0.1, -0.05) is 5.16 Å². The number of nitrogens with zero attached hydrogens (tertiary/aromatic N) is 3. The summed E-state index contributed by atoms with van der Waals surface area (Å²) in [6.07, 6.45) is 6.63. The van der Waals surface area contributed by atoms with Crippen molar-refractivity contribution in [1.82, 2.24) is 20.4 Å². The van der Waals surface area contributed by atoms with Crippen molar-refractivity contribution in [3.05, 3.63) is 41.3 Å². The van der Waals surface area contributed by atoms with E-state index < -0.39 is 0 Å². The molecular weight excluding hydrogens is 284 g/mol. The summed E-state index contributed by atoms with van der Waals surface area (Å²) in [6.45, 7) is 2.85. The molecule has 1 amide bonds. The summed E-state index contributed by atoms with van der Waals surface area (Å²) in [4.78, 5) is 20.5. The Morgan fingerprint density at radius 3 is 2.82 bits per heavy atom. The molecule has 0 saturated carbocycles. The van der Waals surface area contributed by atoms with Gasteiger partial charge in [-0.3, -0.25) is 4.79 Å². The van der Waals surface area contributed by atoms with Crippen LogP contribution in [0.1, 0.15) is 53.0 Å². The van der Waals surface area contributed by atoms with E-state index in [0.717, 1.165) is 31.4 Å². The average Bonchev–Trinajstić information content (AvgIpc) is 3.00. The molecule has 2 aromatic heterocycles. The molecule has 1 fully saturated rings. The molecule has 3 heterocycles. The number of carbonyl (C=O) groups excluding carboxylic acids is 1. The van der Waals surface area contributed by atoms with Crippen molar-refractivity contribution in [1.29, 1.82) is 0 Å². The van der Waals surface area contributed by atoms with E-state index in [1.54, 1.807) is 25.4 Å². The number of aryl methyl sites for hydroxylation is 1. The van der Waals surface area contributed by atoms with E-state index in [-0.39, 0.29) is 17.7 Å². The number of carbonyl (C=O) groups is 1. The van der Waals surface area contributed by atoms with Gasteiger partial charge in [0.15, 0.2) is 11.5 Å². The Bertz CT molecular complexity index is 632. The predicted octanol–water partition coefficient (Wildman–Crippen LogP) is 1.94. The standard InChI is InChI=1S/C15H18N4O3/c1-10-6-12(19-22-10)15(20)18-9-11-7-16-14(17-8-11)13-4-2-3-5-21-13/h6-8,13H,2-5,9H2,1H3,(H,18,20)/t13-/m1/s1. The second kappa shape index (κ2) is 6.65. The maximum atomic E-state index is 11.9. The van der Waals surface area contributed by atoms with Crippen molar-refractivity contribution in [2.24, 2.45) is 0 Å². The summed E-state index contributed by atoms with van der Waals surface area (Å²) in [5, 5.41) is 6.42. The third-order valence-electron chi connectivity index (χ3n) is 3.51. The van der Waals surface area contributed by atoms with Gasteiger partial charge >= 0.3 is 0 Å². The molecule has 1 aliphatic heterocycles. The third kappa shape index (κ3) is 3.48. The quantitative estimate of drug-likeness (QED) is 0.928. The first kappa shape index (κ1) is 14.6. The largest absolute Gasteiger partial charge is 0.370 e.